The highest BCUT2D eigenvalue weighted by atomic mass is 32.2. The van der Waals surface area contributed by atoms with Crippen molar-refractivity contribution in [3.05, 3.63) is 101 Å². The Morgan fingerprint density at radius 3 is 2.40 bits per heavy atom. The fourth-order valence-electron chi connectivity index (χ4n) is 3.78. The molecule has 0 amide bonds. The molecule has 3 aromatic carbocycles. The quantitative estimate of drug-likeness (QED) is 0.196. The predicted octanol–water partition coefficient (Wildman–Crippen LogP) is 6.43. The third kappa shape index (κ3) is 4.86. The minimum absolute atomic E-state index is 0.0921. The van der Waals surface area contributed by atoms with E-state index in [2.05, 4.69) is 0 Å². The van der Waals surface area contributed by atoms with Crippen molar-refractivity contribution in [1.29, 1.82) is 0 Å². The summed E-state index contributed by atoms with van der Waals surface area (Å²) in [5, 5.41) is 1.20. The van der Waals surface area contributed by atoms with E-state index >= 15 is 0 Å². The van der Waals surface area contributed by atoms with Crippen LogP contribution in [0.15, 0.2) is 93.2 Å². The van der Waals surface area contributed by atoms with Crippen LogP contribution in [-0.4, -0.2) is 20.6 Å². The number of nitrogens with zero attached hydrogens (tertiary/aromatic N) is 3. The number of thioether (sulfide) groups is 1. The molecule has 7 heteroatoms. The van der Waals surface area contributed by atoms with Crippen molar-refractivity contribution in [3.8, 4) is 22.9 Å². The van der Waals surface area contributed by atoms with Crippen LogP contribution >= 0.6 is 11.8 Å². The van der Waals surface area contributed by atoms with Gasteiger partial charge in [0.25, 0.3) is 5.56 Å². The molecule has 0 saturated carbocycles. The van der Waals surface area contributed by atoms with E-state index in [-0.39, 0.29) is 11.7 Å². The summed E-state index contributed by atoms with van der Waals surface area (Å²) < 4.78 is 13.3. The van der Waals surface area contributed by atoms with Gasteiger partial charge in [0.2, 0.25) is 5.89 Å². The van der Waals surface area contributed by atoms with E-state index in [4.69, 9.17) is 19.1 Å². The monoisotopic (exact) mass is 483 g/mol. The molecule has 176 valence electrons. The molecule has 5 aromatic rings. The van der Waals surface area contributed by atoms with Gasteiger partial charge in [0, 0.05) is 11.3 Å². The van der Waals surface area contributed by atoms with E-state index in [9.17, 15) is 4.79 Å². The fourth-order valence-corrected chi connectivity index (χ4v) is 4.79. The molecular formula is C28H25N3O3S. The first-order valence-corrected chi connectivity index (χ1v) is 12.4. The smallest absolute Gasteiger partial charge is 0.266 e. The number of rotatable bonds is 7. The molecule has 2 heterocycles. The van der Waals surface area contributed by atoms with Crippen molar-refractivity contribution in [2.75, 3.05) is 0 Å². The first kappa shape index (κ1) is 22.9. The summed E-state index contributed by atoms with van der Waals surface area (Å²) in [6.45, 7) is 5.90. The lowest BCUT2D eigenvalue weighted by Gasteiger charge is -2.12. The standard InChI is InChI=1S/C28H25N3O3S/c1-18(2)33-22-15-13-20(14-16-22)26-29-25(19(3)34-26)17-35-28-30-24-12-8-7-11-23(24)27(32)31(28)21-9-5-4-6-10-21/h4-16,18H,17H2,1-3H3. The Balaban J connectivity index is 1.45. The van der Waals surface area contributed by atoms with Crippen LogP contribution in [0.5, 0.6) is 5.75 Å². The van der Waals surface area contributed by atoms with E-state index in [1.165, 1.54) is 11.8 Å². The van der Waals surface area contributed by atoms with Gasteiger partial charge in [0.15, 0.2) is 5.16 Å². The lowest BCUT2D eigenvalue weighted by atomic mass is 10.2. The van der Waals surface area contributed by atoms with Gasteiger partial charge in [-0.05, 0) is 69.3 Å². The summed E-state index contributed by atoms with van der Waals surface area (Å²) in [5.74, 6) is 2.62. The van der Waals surface area contributed by atoms with Crippen LogP contribution in [0.1, 0.15) is 25.3 Å². The third-order valence-corrected chi connectivity index (χ3v) is 6.41. The SMILES string of the molecule is Cc1oc(-c2ccc(OC(C)C)cc2)nc1CSc1nc2ccccc2c(=O)n1-c1ccccc1. The number of benzene rings is 3. The maximum absolute atomic E-state index is 13.4. The second kappa shape index (κ2) is 9.80. The topological polar surface area (TPSA) is 70.2 Å². The summed E-state index contributed by atoms with van der Waals surface area (Å²) in [5.41, 5.74) is 3.05. The Hall–Kier alpha value is -3.84. The van der Waals surface area contributed by atoms with Crippen molar-refractivity contribution in [2.45, 2.75) is 37.8 Å². The van der Waals surface area contributed by atoms with Gasteiger partial charge < -0.3 is 9.15 Å². The van der Waals surface area contributed by atoms with Crippen molar-refractivity contribution >= 4 is 22.7 Å². The normalized spacial score (nSPS) is 11.3. The van der Waals surface area contributed by atoms with Gasteiger partial charge in [-0.2, -0.15) is 0 Å². The summed E-state index contributed by atoms with van der Waals surface area (Å²) in [6, 6.07) is 24.7. The lowest BCUT2D eigenvalue weighted by molar-refractivity contribution is 0.242. The largest absolute Gasteiger partial charge is 0.491 e. The van der Waals surface area contributed by atoms with Gasteiger partial charge in [0.05, 0.1) is 28.4 Å². The zero-order valence-corrected chi connectivity index (χ0v) is 20.6. The third-order valence-electron chi connectivity index (χ3n) is 5.46. The zero-order chi connectivity index (χ0) is 24.4. The maximum Gasteiger partial charge on any atom is 0.266 e. The Morgan fingerprint density at radius 2 is 1.66 bits per heavy atom. The highest BCUT2D eigenvalue weighted by Crippen LogP contribution is 2.29. The number of fused-ring (bicyclic) bond motifs is 1. The van der Waals surface area contributed by atoms with Crippen molar-refractivity contribution in [3.63, 3.8) is 0 Å². The van der Waals surface area contributed by atoms with Gasteiger partial charge in [-0.1, -0.05) is 42.1 Å². The molecule has 0 bridgehead atoms. The van der Waals surface area contributed by atoms with E-state index in [0.29, 0.717) is 27.7 Å². The van der Waals surface area contributed by atoms with Gasteiger partial charge >= 0.3 is 0 Å². The minimum Gasteiger partial charge on any atom is -0.491 e. The van der Waals surface area contributed by atoms with Crippen LogP contribution in [0.4, 0.5) is 0 Å². The predicted molar refractivity (Wildman–Crippen MR) is 139 cm³/mol. The van der Waals surface area contributed by atoms with E-state index in [1.54, 1.807) is 4.57 Å². The van der Waals surface area contributed by atoms with Crippen LogP contribution in [0.25, 0.3) is 28.0 Å². The zero-order valence-electron chi connectivity index (χ0n) is 19.8. The number of oxazole rings is 1. The highest BCUT2D eigenvalue weighted by Gasteiger charge is 2.16. The average molecular weight is 484 g/mol. The van der Waals surface area contributed by atoms with Gasteiger partial charge in [-0.3, -0.25) is 9.36 Å². The van der Waals surface area contributed by atoms with Crippen LogP contribution in [0, 0.1) is 6.92 Å². The molecule has 0 atom stereocenters. The van der Waals surface area contributed by atoms with Crippen molar-refractivity contribution in [2.24, 2.45) is 0 Å². The van der Waals surface area contributed by atoms with E-state index in [0.717, 1.165) is 28.5 Å². The molecule has 0 aliphatic carbocycles. The first-order valence-electron chi connectivity index (χ1n) is 11.4. The number of hydrogen-bond donors (Lipinski definition) is 0. The number of aryl methyl sites for hydroxylation is 1. The summed E-state index contributed by atoms with van der Waals surface area (Å²) >= 11 is 1.47. The Labute approximate surface area is 207 Å². The van der Waals surface area contributed by atoms with Gasteiger partial charge in [0.1, 0.15) is 11.5 Å². The maximum atomic E-state index is 13.4. The number of para-hydroxylation sites is 2. The van der Waals surface area contributed by atoms with Crippen LogP contribution in [-0.2, 0) is 5.75 Å². The molecule has 0 fully saturated rings. The highest BCUT2D eigenvalue weighted by molar-refractivity contribution is 7.98. The second-order valence-electron chi connectivity index (χ2n) is 8.39. The van der Waals surface area contributed by atoms with E-state index < -0.39 is 0 Å². The molecule has 0 aliphatic rings. The molecule has 6 nitrogen and oxygen atoms in total. The molecule has 0 aliphatic heterocycles. The Morgan fingerprint density at radius 1 is 0.943 bits per heavy atom. The molecular weight excluding hydrogens is 458 g/mol. The molecule has 0 saturated heterocycles. The average Bonchev–Trinajstić information content (AvgIpc) is 3.24. The molecule has 0 radical (unpaired) electrons. The summed E-state index contributed by atoms with van der Waals surface area (Å²) in [7, 11) is 0. The van der Waals surface area contributed by atoms with Crippen molar-refractivity contribution < 1.29 is 9.15 Å². The molecule has 0 unspecified atom stereocenters. The minimum atomic E-state index is -0.0921. The van der Waals surface area contributed by atoms with Gasteiger partial charge in [-0.15, -0.1) is 0 Å². The molecule has 5 rings (SSSR count). The summed E-state index contributed by atoms with van der Waals surface area (Å²) in [6.07, 6.45) is 0.116. The number of aromatic nitrogens is 3. The first-order chi connectivity index (χ1) is 17.0. The number of hydrogen-bond acceptors (Lipinski definition) is 6. The van der Waals surface area contributed by atoms with E-state index in [1.807, 2.05) is 99.6 Å². The summed E-state index contributed by atoms with van der Waals surface area (Å²) in [4.78, 5) is 22.9. The Kier molecular flexibility index (Phi) is 6.42. The van der Waals surface area contributed by atoms with Crippen LogP contribution < -0.4 is 10.3 Å². The second-order valence-corrected chi connectivity index (χ2v) is 9.33. The molecule has 0 N–H and O–H groups in total. The molecule has 0 spiro atoms. The fraction of sp³-hybridized carbons (Fsp3) is 0.179. The van der Waals surface area contributed by atoms with Gasteiger partial charge in [-0.25, -0.2) is 9.97 Å². The van der Waals surface area contributed by atoms with Crippen molar-refractivity contribution in [1.82, 2.24) is 14.5 Å². The van der Waals surface area contributed by atoms with Crippen LogP contribution in [0.3, 0.4) is 0 Å². The lowest BCUT2D eigenvalue weighted by Crippen LogP contribution is -2.21. The molecule has 2 aromatic heterocycles. The number of ether oxygens (including phenoxy) is 1. The molecule has 35 heavy (non-hydrogen) atoms. The Bertz CT molecular complexity index is 1520. The van der Waals surface area contributed by atoms with Crippen LogP contribution in [0.2, 0.25) is 0 Å².